The largest absolute Gasteiger partial charge is 0.423 e. The number of thiophene rings is 1. The van der Waals surface area contributed by atoms with Crippen LogP contribution < -0.4 is 10.3 Å². The van der Waals surface area contributed by atoms with Crippen LogP contribution >= 0.6 is 11.3 Å². The molecule has 2 aromatic heterocycles. The van der Waals surface area contributed by atoms with Gasteiger partial charge in [0.15, 0.2) is 0 Å². The third kappa shape index (κ3) is 4.17. The zero-order valence-electron chi connectivity index (χ0n) is 15.7. The fourth-order valence-electron chi connectivity index (χ4n) is 3.13. The number of aryl methyl sites for hydroxylation is 1. The number of rotatable bonds is 6. The standard InChI is InChI=1S/C22H19NO4S2/c1-2-15-5-7-16(8-6-15)22(20-4-3-13-28-20)23-29(25,26)18-10-11-19-17(14-18)9-12-21(24)27-19/h3-14,22-23H,2H2,1H3/t22-/m1/s1. The second-order valence-electron chi connectivity index (χ2n) is 6.62. The summed E-state index contributed by atoms with van der Waals surface area (Å²) in [6.07, 6.45) is 0.920. The lowest BCUT2D eigenvalue weighted by Crippen LogP contribution is -2.29. The first-order valence-corrected chi connectivity index (χ1v) is 11.5. The van der Waals surface area contributed by atoms with Crippen LogP contribution in [0.4, 0.5) is 0 Å². The lowest BCUT2D eigenvalue weighted by atomic mass is 10.0. The smallest absolute Gasteiger partial charge is 0.336 e. The first-order chi connectivity index (χ1) is 14.0. The highest BCUT2D eigenvalue weighted by Gasteiger charge is 2.24. The first kappa shape index (κ1) is 19.6. The topological polar surface area (TPSA) is 76.4 Å². The van der Waals surface area contributed by atoms with Crippen molar-refractivity contribution in [3.05, 3.63) is 98.5 Å². The maximum absolute atomic E-state index is 13.1. The number of fused-ring (bicyclic) bond motifs is 1. The molecule has 148 valence electrons. The first-order valence-electron chi connectivity index (χ1n) is 9.15. The minimum absolute atomic E-state index is 0.116. The van der Waals surface area contributed by atoms with Gasteiger partial charge in [-0.25, -0.2) is 13.2 Å². The van der Waals surface area contributed by atoms with Gasteiger partial charge in [0, 0.05) is 16.3 Å². The van der Waals surface area contributed by atoms with Crippen molar-refractivity contribution in [1.82, 2.24) is 4.72 Å². The van der Waals surface area contributed by atoms with Gasteiger partial charge in [-0.3, -0.25) is 0 Å². The van der Waals surface area contributed by atoms with Crippen LogP contribution in [-0.2, 0) is 16.4 Å². The molecule has 0 spiro atoms. The number of nitrogens with one attached hydrogen (secondary N) is 1. The quantitative estimate of drug-likeness (QED) is 0.462. The van der Waals surface area contributed by atoms with Crippen molar-refractivity contribution >= 4 is 32.3 Å². The van der Waals surface area contributed by atoms with Gasteiger partial charge in [0.1, 0.15) is 5.58 Å². The van der Waals surface area contributed by atoms with Gasteiger partial charge in [-0.05, 0) is 53.3 Å². The van der Waals surface area contributed by atoms with Crippen LogP contribution in [0.5, 0.6) is 0 Å². The van der Waals surface area contributed by atoms with Gasteiger partial charge in [0.25, 0.3) is 0 Å². The van der Waals surface area contributed by atoms with E-state index in [0.29, 0.717) is 11.0 Å². The van der Waals surface area contributed by atoms with Gasteiger partial charge in [0.05, 0.1) is 10.9 Å². The summed E-state index contributed by atoms with van der Waals surface area (Å²) in [4.78, 5) is 12.4. The Morgan fingerprint density at radius 2 is 1.83 bits per heavy atom. The molecule has 2 heterocycles. The van der Waals surface area contributed by atoms with E-state index < -0.39 is 21.7 Å². The van der Waals surface area contributed by atoms with Crippen LogP contribution in [0.1, 0.15) is 29.0 Å². The molecule has 0 radical (unpaired) electrons. The van der Waals surface area contributed by atoms with E-state index in [2.05, 4.69) is 11.6 Å². The lowest BCUT2D eigenvalue weighted by molar-refractivity contribution is 0.560. The summed E-state index contributed by atoms with van der Waals surface area (Å²) in [7, 11) is -3.81. The number of hydrogen-bond acceptors (Lipinski definition) is 5. The normalized spacial score (nSPS) is 12.9. The molecule has 5 nitrogen and oxygen atoms in total. The summed E-state index contributed by atoms with van der Waals surface area (Å²) >= 11 is 1.50. The van der Waals surface area contributed by atoms with Gasteiger partial charge in [-0.2, -0.15) is 4.72 Å². The molecule has 4 rings (SSSR count). The van der Waals surface area contributed by atoms with E-state index in [9.17, 15) is 13.2 Å². The van der Waals surface area contributed by atoms with Crippen molar-refractivity contribution in [2.75, 3.05) is 0 Å². The van der Waals surface area contributed by atoms with Crippen LogP contribution in [0.3, 0.4) is 0 Å². The van der Waals surface area contributed by atoms with Crippen molar-refractivity contribution in [3.63, 3.8) is 0 Å². The van der Waals surface area contributed by atoms with Crippen molar-refractivity contribution in [3.8, 4) is 0 Å². The predicted octanol–water partition coefficient (Wildman–Crippen LogP) is 4.48. The monoisotopic (exact) mass is 425 g/mol. The Hall–Kier alpha value is -2.74. The molecule has 0 aliphatic heterocycles. The van der Waals surface area contributed by atoms with Crippen molar-refractivity contribution in [2.24, 2.45) is 0 Å². The molecule has 2 aromatic carbocycles. The Kier molecular flexibility index (Phi) is 5.36. The maximum atomic E-state index is 13.1. The van der Waals surface area contributed by atoms with E-state index in [1.807, 2.05) is 41.8 Å². The Morgan fingerprint density at radius 1 is 1.03 bits per heavy atom. The molecule has 0 fully saturated rings. The highest BCUT2D eigenvalue weighted by molar-refractivity contribution is 7.89. The summed E-state index contributed by atoms with van der Waals surface area (Å²) in [5, 5.41) is 2.47. The number of benzene rings is 2. The fourth-order valence-corrected chi connectivity index (χ4v) is 5.25. The minimum Gasteiger partial charge on any atom is -0.423 e. The van der Waals surface area contributed by atoms with E-state index >= 15 is 0 Å². The molecular weight excluding hydrogens is 406 g/mol. The molecule has 0 saturated heterocycles. The van der Waals surface area contributed by atoms with E-state index in [0.717, 1.165) is 16.9 Å². The summed E-state index contributed by atoms with van der Waals surface area (Å²) < 4.78 is 34.2. The molecule has 0 bridgehead atoms. The summed E-state index contributed by atoms with van der Waals surface area (Å²) in [5.74, 6) is 0. The van der Waals surface area contributed by atoms with E-state index in [1.54, 1.807) is 6.07 Å². The molecule has 1 atom stereocenters. The van der Waals surface area contributed by atoms with Gasteiger partial charge in [-0.15, -0.1) is 11.3 Å². The molecule has 29 heavy (non-hydrogen) atoms. The molecule has 4 aromatic rings. The third-order valence-corrected chi connectivity index (χ3v) is 7.08. The zero-order valence-corrected chi connectivity index (χ0v) is 17.3. The van der Waals surface area contributed by atoms with E-state index in [-0.39, 0.29) is 4.90 Å². The molecule has 0 aliphatic carbocycles. The highest BCUT2D eigenvalue weighted by atomic mass is 32.2. The molecule has 0 amide bonds. The summed E-state index contributed by atoms with van der Waals surface area (Å²) in [6.45, 7) is 2.08. The van der Waals surface area contributed by atoms with Crippen LogP contribution in [0.25, 0.3) is 11.0 Å². The van der Waals surface area contributed by atoms with Gasteiger partial charge >= 0.3 is 5.63 Å². The predicted molar refractivity (Wildman–Crippen MR) is 115 cm³/mol. The second-order valence-corrected chi connectivity index (χ2v) is 9.31. The van der Waals surface area contributed by atoms with Crippen molar-refractivity contribution < 1.29 is 12.8 Å². The van der Waals surface area contributed by atoms with Gasteiger partial charge in [0.2, 0.25) is 10.0 Å². The molecular formula is C22H19NO4S2. The van der Waals surface area contributed by atoms with Crippen molar-refractivity contribution in [1.29, 1.82) is 0 Å². The minimum atomic E-state index is -3.81. The van der Waals surface area contributed by atoms with E-state index in [1.165, 1.54) is 41.2 Å². The average molecular weight is 426 g/mol. The Balaban J connectivity index is 1.72. The molecule has 0 unspecified atom stereocenters. The van der Waals surface area contributed by atoms with E-state index in [4.69, 9.17) is 4.42 Å². The Morgan fingerprint density at radius 3 is 2.52 bits per heavy atom. The second kappa shape index (κ2) is 7.94. The molecule has 0 aliphatic rings. The maximum Gasteiger partial charge on any atom is 0.336 e. The average Bonchev–Trinajstić information content (AvgIpc) is 3.26. The van der Waals surface area contributed by atoms with Crippen LogP contribution in [0.2, 0.25) is 0 Å². The SMILES string of the molecule is CCc1ccc([C@@H](NS(=O)(=O)c2ccc3oc(=O)ccc3c2)c2cccs2)cc1. The summed E-state index contributed by atoms with van der Waals surface area (Å²) in [5.41, 5.74) is 1.94. The van der Waals surface area contributed by atoms with Gasteiger partial charge < -0.3 is 4.42 Å². The Bertz CT molecular complexity index is 1290. The molecule has 7 heteroatoms. The third-order valence-electron chi connectivity index (χ3n) is 4.72. The van der Waals surface area contributed by atoms with Gasteiger partial charge in [-0.1, -0.05) is 37.3 Å². The number of hydrogen-bond donors (Lipinski definition) is 1. The highest BCUT2D eigenvalue weighted by Crippen LogP contribution is 2.29. The Labute approximate surface area is 172 Å². The lowest BCUT2D eigenvalue weighted by Gasteiger charge is -2.19. The zero-order chi connectivity index (χ0) is 20.4. The fraction of sp³-hybridized carbons (Fsp3) is 0.136. The summed E-state index contributed by atoms with van der Waals surface area (Å²) in [6, 6.07) is 18.6. The molecule has 1 N–H and O–H groups in total. The van der Waals surface area contributed by atoms with Crippen LogP contribution in [-0.4, -0.2) is 8.42 Å². The van der Waals surface area contributed by atoms with Crippen LogP contribution in [0, 0.1) is 0 Å². The molecule has 0 saturated carbocycles. The number of sulfonamides is 1. The van der Waals surface area contributed by atoms with Crippen molar-refractivity contribution in [2.45, 2.75) is 24.3 Å². The van der Waals surface area contributed by atoms with Crippen LogP contribution in [0.15, 0.2) is 86.2 Å².